The van der Waals surface area contributed by atoms with Crippen molar-refractivity contribution in [2.24, 2.45) is 0 Å². The highest BCUT2D eigenvalue weighted by Crippen LogP contribution is 2.26. The lowest BCUT2D eigenvalue weighted by atomic mass is 10.3. The van der Waals surface area contributed by atoms with Crippen molar-refractivity contribution in [3.05, 3.63) is 48.7 Å². The maximum Gasteiger partial charge on any atom is 0.573 e. The van der Waals surface area contributed by atoms with Crippen LogP contribution in [0.2, 0.25) is 0 Å². The number of amides is 1. The molecule has 0 atom stereocenters. The highest BCUT2D eigenvalue weighted by Gasteiger charge is 2.31. The largest absolute Gasteiger partial charge is 0.573 e. The molecule has 1 aromatic carbocycles. The second-order valence-corrected chi connectivity index (χ2v) is 6.62. The van der Waals surface area contributed by atoms with Crippen LogP contribution in [0.3, 0.4) is 0 Å². The van der Waals surface area contributed by atoms with E-state index in [1.807, 2.05) is 25.1 Å². The number of carbonyl (C=O) groups excluding carboxylic acids is 1. The van der Waals surface area contributed by atoms with Gasteiger partial charge < -0.3 is 14.6 Å². The Bertz CT molecular complexity index is 962. The lowest BCUT2D eigenvalue weighted by Crippen LogP contribution is -2.17. The van der Waals surface area contributed by atoms with Crippen LogP contribution in [0.25, 0.3) is 11.5 Å². The average Bonchev–Trinajstić information content (AvgIpc) is 3.09. The van der Waals surface area contributed by atoms with Crippen molar-refractivity contribution in [3.8, 4) is 17.3 Å². The minimum atomic E-state index is -4.78. The van der Waals surface area contributed by atoms with E-state index in [0.717, 1.165) is 12.3 Å². The molecular weight excluding hydrogens is 407 g/mol. The van der Waals surface area contributed by atoms with Crippen LogP contribution in [0.15, 0.2) is 53.8 Å². The van der Waals surface area contributed by atoms with E-state index in [1.54, 1.807) is 16.7 Å². The van der Waals surface area contributed by atoms with Gasteiger partial charge in [0.2, 0.25) is 5.91 Å². The summed E-state index contributed by atoms with van der Waals surface area (Å²) in [6.07, 6.45) is -3.81. The van der Waals surface area contributed by atoms with Crippen LogP contribution in [0.5, 0.6) is 5.75 Å². The molecule has 3 aromatic rings. The molecule has 0 radical (unpaired) electrons. The molecule has 1 amide bonds. The van der Waals surface area contributed by atoms with Crippen molar-refractivity contribution >= 4 is 23.4 Å². The third kappa shape index (κ3) is 5.70. The van der Waals surface area contributed by atoms with Crippen molar-refractivity contribution in [2.45, 2.75) is 25.0 Å². The zero-order valence-corrected chi connectivity index (χ0v) is 16.0. The SMILES string of the molecule is CCn1c(SCC(=O)Nc2ccccc2)nnc1-c1ccc(OC(F)(F)F)cn1. The fraction of sp³-hybridized carbons (Fsp3) is 0.222. The normalized spacial score (nSPS) is 11.3. The Hall–Kier alpha value is -3.08. The third-order valence-electron chi connectivity index (χ3n) is 3.62. The van der Waals surface area contributed by atoms with Gasteiger partial charge in [-0.2, -0.15) is 0 Å². The molecule has 29 heavy (non-hydrogen) atoms. The summed E-state index contributed by atoms with van der Waals surface area (Å²) in [5.41, 5.74) is 1.04. The molecule has 0 aliphatic heterocycles. The van der Waals surface area contributed by atoms with Gasteiger partial charge in [-0.1, -0.05) is 30.0 Å². The molecule has 7 nitrogen and oxygen atoms in total. The molecule has 0 bridgehead atoms. The first-order valence-corrected chi connectivity index (χ1v) is 9.47. The van der Waals surface area contributed by atoms with Gasteiger partial charge in [0, 0.05) is 12.2 Å². The van der Waals surface area contributed by atoms with Gasteiger partial charge in [-0.25, -0.2) is 4.98 Å². The summed E-state index contributed by atoms with van der Waals surface area (Å²) in [5.74, 6) is -0.105. The number of carbonyl (C=O) groups is 1. The second-order valence-electron chi connectivity index (χ2n) is 5.68. The first-order chi connectivity index (χ1) is 13.9. The Morgan fingerprint density at radius 2 is 1.93 bits per heavy atom. The zero-order valence-electron chi connectivity index (χ0n) is 15.2. The highest BCUT2D eigenvalue weighted by molar-refractivity contribution is 7.99. The Morgan fingerprint density at radius 3 is 2.55 bits per heavy atom. The van der Waals surface area contributed by atoms with E-state index in [2.05, 4.69) is 25.2 Å². The smallest absolute Gasteiger partial charge is 0.404 e. The van der Waals surface area contributed by atoms with Crippen LogP contribution in [-0.4, -0.2) is 37.8 Å². The van der Waals surface area contributed by atoms with Gasteiger partial charge in [0.15, 0.2) is 11.0 Å². The molecule has 0 unspecified atom stereocenters. The summed E-state index contributed by atoms with van der Waals surface area (Å²) >= 11 is 1.20. The second kappa shape index (κ2) is 8.95. The summed E-state index contributed by atoms with van der Waals surface area (Å²) < 4.78 is 42.3. The molecule has 0 fully saturated rings. The number of rotatable bonds is 7. The minimum absolute atomic E-state index is 0.124. The van der Waals surface area contributed by atoms with Gasteiger partial charge in [0.05, 0.1) is 11.9 Å². The number of ether oxygens (including phenoxy) is 1. The Morgan fingerprint density at radius 1 is 1.17 bits per heavy atom. The van der Waals surface area contributed by atoms with E-state index in [4.69, 9.17) is 0 Å². The minimum Gasteiger partial charge on any atom is -0.404 e. The summed E-state index contributed by atoms with van der Waals surface area (Å²) in [6.45, 7) is 2.36. The molecule has 152 valence electrons. The highest BCUT2D eigenvalue weighted by atomic mass is 32.2. The summed E-state index contributed by atoms with van der Waals surface area (Å²) in [6, 6.07) is 11.6. The van der Waals surface area contributed by atoms with Crippen molar-refractivity contribution in [1.29, 1.82) is 0 Å². The van der Waals surface area contributed by atoms with E-state index in [0.29, 0.717) is 28.9 Å². The Labute approximate surface area is 168 Å². The van der Waals surface area contributed by atoms with Crippen molar-refractivity contribution in [1.82, 2.24) is 19.7 Å². The standard InChI is InChI=1S/C18H16F3N5O2S/c1-2-26-16(14-9-8-13(10-22-14)28-18(19,20)21)24-25-17(26)29-11-15(27)23-12-6-4-3-5-7-12/h3-10H,2,11H2,1H3,(H,23,27). The number of pyridine rings is 1. The number of para-hydroxylation sites is 1. The van der Waals surface area contributed by atoms with E-state index >= 15 is 0 Å². The number of aromatic nitrogens is 4. The molecule has 0 aliphatic carbocycles. The number of benzene rings is 1. The van der Waals surface area contributed by atoms with Crippen LogP contribution in [0, 0.1) is 0 Å². The maximum absolute atomic E-state index is 12.3. The number of hydrogen-bond donors (Lipinski definition) is 1. The summed E-state index contributed by atoms with van der Waals surface area (Å²) in [7, 11) is 0. The number of halogens is 3. The molecule has 0 saturated heterocycles. The maximum atomic E-state index is 12.3. The van der Waals surface area contributed by atoms with Crippen LogP contribution in [0.4, 0.5) is 18.9 Å². The van der Waals surface area contributed by atoms with E-state index in [9.17, 15) is 18.0 Å². The number of anilines is 1. The van der Waals surface area contributed by atoms with Gasteiger partial charge in [-0.15, -0.1) is 23.4 Å². The lowest BCUT2D eigenvalue weighted by Gasteiger charge is -2.09. The van der Waals surface area contributed by atoms with Crippen LogP contribution >= 0.6 is 11.8 Å². The summed E-state index contributed by atoms with van der Waals surface area (Å²) in [4.78, 5) is 16.1. The van der Waals surface area contributed by atoms with Crippen LogP contribution in [0.1, 0.15) is 6.92 Å². The quantitative estimate of drug-likeness (QED) is 0.579. The van der Waals surface area contributed by atoms with Crippen molar-refractivity contribution in [3.63, 3.8) is 0 Å². The molecule has 2 aromatic heterocycles. The summed E-state index contributed by atoms with van der Waals surface area (Å²) in [5, 5.41) is 11.4. The van der Waals surface area contributed by atoms with Gasteiger partial charge in [-0.3, -0.25) is 4.79 Å². The average molecular weight is 423 g/mol. The predicted molar refractivity (Wildman–Crippen MR) is 101 cm³/mol. The topological polar surface area (TPSA) is 81.9 Å². The Kier molecular flexibility index (Phi) is 6.37. The van der Waals surface area contributed by atoms with E-state index in [-0.39, 0.29) is 11.7 Å². The third-order valence-corrected chi connectivity index (χ3v) is 4.59. The molecular formula is C18H16F3N5O2S. The van der Waals surface area contributed by atoms with E-state index in [1.165, 1.54) is 17.8 Å². The van der Waals surface area contributed by atoms with E-state index < -0.39 is 12.1 Å². The number of nitrogens with zero attached hydrogens (tertiary/aromatic N) is 4. The molecule has 0 spiro atoms. The first kappa shape index (κ1) is 20.6. The van der Waals surface area contributed by atoms with Gasteiger partial charge in [0.1, 0.15) is 11.4 Å². The van der Waals surface area contributed by atoms with Gasteiger partial charge >= 0.3 is 6.36 Å². The number of nitrogens with one attached hydrogen (secondary N) is 1. The molecule has 11 heteroatoms. The first-order valence-electron chi connectivity index (χ1n) is 8.49. The molecule has 0 saturated carbocycles. The predicted octanol–water partition coefficient (Wildman–Crippen LogP) is 3.99. The molecule has 0 aliphatic rings. The van der Waals surface area contributed by atoms with Gasteiger partial charge in [0.25, 0.3) is 0 Å². The number of thioether (sulfide) groups is 1. The molecule has 1 N–H and O–H groups in total. The monoisotopic (exact) mass is 423 g/mol. The Balaban J connectivity index is 1.67. The van der Waals surface area contributed by atoms with Crippen LogP contribution in [-0.2, 0) is 11.3 Å². The molecule has 3 rings (SSSR count). The fourth-order valence-corrected chi connectivity index (χ4v) is 3.23. The van der Waals surface area contributed by atoms with Crippen molar-refractivity contribution < 1.29 is 22.7 Å². The van der Waals surface area contributed by atoms with Crippen molar-refractivity contribution in [2.75, 3.05) is 11.1 Å². The lowest BCUT2D eigenvalue weighted by molar-refractivity contribution is -0.274. The fourth-order valence-electron chi connectivity index (χ4n) is 2.43. The molecule has 2 heterocycles. The number of alkyl halides is 3. The van der Waals surface area contributed by atoms with Gasteiger partial charge in [-0.05, 0) is 31.2 Å². The number of hydrogen-bond acceptors (Lipinski definition) is 6. The zero-order chi connectivity index (χ0) is 20.9. The van der Waals surface area contributed by atoms with Crippen LogP contribution < -0.4 is 10.1 Å².